The Morgan fingerprint density at radius 3 is 2.42 bits per heavy atom. The first-order valence-corrected chi connectivity index (χ1v) is 5.50. The van der Waals surface area contributed by atoms with Gasteiger partial charge in [-0.15, -0.1) is 0 Å². The lowest BCUT2D eigenvalue weighted by Gasteiger charge is -2.23. The molecule has 0 aliphatic heterocycles. The molecule has 0 aromatic heterocycles. The van der Waals surface area contributed by atoms with Crippen molar-refractivity contribution in [3.05, 3.63) is 35.4 Å². The van der Waals surface area contributed by atoms with Crippen LogP contribution in [0.1, 0.15) is 24.2 Å². The molecule has 0 atom stereocenters. The van der Waals surface area contributed by atoms with Crippen molar-refractivity contribution in [1.29, 1.82) is 0 Å². The summed E-state index contributed by atoms with van der Waals surface area (Å²) >= 11 is 0. The van der Waals surface area contributed by atoms with Crippen LogP contribution in [0.15, 0.2) is 23.4 Å². The molecule has 0 radical (unpaired) electrons. The molecule has 19 heavy (non-hydrogen) atoms. The van der Waals surface area contributed by atoms with E-state index in [1.54, 1.807) is 13.8 Å². The summed E-state index contributed by atoms with van der Waals surface area (Å²) in [7, 11) is 0. The molecule has 0 unspecified atom stereocenters. The van der Waals surface area contributed by atoms with E-state index in [9.17, 15) is 13.6 Å². The smallest absolute Gasteiger partial charge is 0.257 e. The van der Waals surface area contributed by atoms with E-state index in [-0.39, 0.29) is 12.4 Å². The Kier molecular flexibility index (Phi) is 4.42. The molecular weight excluding hydrogens is 256 g/mol. The van der Waals surface area contributed by atoms with E-state index in [2.05, 4.69) is 10.5 Å². The zero-order chi connectivity index (χ0) is 14.6. The molecule has 104 valence electrons. The SMILES string of the molecule is CC(C)(CNC(=O)c1c(F)cccc1F)/C(N)=N/O. The minimum Gasteiger partial charge on any atom is -0.409 e. The summed E-state index contributed by atoms with van der Waals surface area (Å²) in [5.41, 5.74) is 3.94. The molecule has 0 saturated heterocycles. The van der Waals surface area contributed by atoms with Gasteiger partial charge in [-0.25, -0.2) is 8.78 Å². The van der Waals surface area contributed by atoms with Crippen LogP contribution in [0.3, 0.4) is 0 Å². The molecule has 7 heteroatoms. The number of nitrogens with zero attached hydrogens (tertiary/aromatic N) is 1. The van der Waals surface area contributed by atoms with Crippen LogP contribution >= 0.6 is 0 Å². The van der Waals surface area contributed by atoms with Crippen LogP contribution < -0.4 is 11.1 Å². The fourth-order valence-electron chi connectivity index (χ4n) is 1.33. The maximum atomic E-state index is 13.4. The maximum Gasteiger partial charge on any atom is 0.257 e. The van der Waals surface area contributed by atoms with Crippen LogP contribution in [-0.4, -0.2) is 23.5 Å². The van der Waals surface area contributed by atoms with E-state index in [1.165, 1.54) is 6.07 Å². The zero-order valence-electron chi connectivity index (χ0n) is 10.6. The van der Waals surface area contributed by atoms with Gasteiger partial charge in [0.2, 0.25) is 0 Å². The molecular formula is C12H15F2N3O2. The minimum absolute atomic E-state index is 0.0322. The van der Waals surface area contributed by atoms with Crippen molar-refractivity contribution in [3.63, 3.8) is 0 Å². The number of carbonyl (C=O) groups is 1. The van der Waals surface area contributed by atoms with Crippen molar-refractivity contribution in [2.24, 2.45) is 16.3 Å². The van der Waals surface area contributed by atoms with E-state index in [1.807, 2.05) is 0 Å². The number of nitrogens with one attached hydrogen (secondary N) is 1. The molecule has 0 fully saturated rings. The highest BCUT2D eigenvalue weighted by molar-refractivity contribution is 5.95. The Morgan fingerprint density at radius 1 is 1.42 bits per heavy atom. The second kappa shape index (κ2) is 5.64. The van der Waals surface area contributed by atoms with Crippen molar-refractivity contribution < 1.29 is 18.8 Å². The lowest BCUT2D eigenvalue weighted by molar-refractivity contribution is 0.0936. The topological polar surface area (TPSA) is 87.7 Å². The largest absolute Gasteiger partial charge is 0.409 e. The highest BCUT2D eigenvalue weighted by Gasteiger charge is 2.26. The molecule has 0 bridgehead atoms. The Hall–Kier alpha value is -2.18. The standard InChI is InChI=1S/C12H15F2N3O2/c1-12(2,11(15)17-19)6-16-10(18)9-7(13)4-3-5-8(9)14/h3-5,19H,6H2,1-2H3,(H2,15,17)(H,16,18). The Bertz CT molecular complexity index is 495. The fourth-order valence-corrected chi connectivity index (χ4v) is 1.33. The van der Waals surface area contributed by atoms with Gasteiger partial charge < -0.3 is 16.3 Å². The molecule has 1 rings (SSSR count). The predicted molar refractivity (Wildman–Crippen MR) is 65.9 cm³/mol. The van der Waals surface area contributed by atoms with Gasteiger partial charge in [0.15, 0.2) is 0 Å². The van der Waals surface area contributed by atoms with E-state index >= 15 is 0 Å². The Morgan fingerprint density at radius 2 is 1.95 bits per heavy atom. The molecule has 1 aromatic rings. The first kappa shape index (κ1) is 14.9. The van der Waals surface area contributed by atoms with Crippen molar-refractivity contribution >= 4 is 11.7 Å². The fraction of sp³-hybridized carbons (Fsp3) is 0.333. The van der Waals surface area contributed by atoms with Crippen molar-refractivity contribution in [1.82, 2.24) is 5.32 Å². The van der Waals surface area contributed by atoms with Gasteiger partial charge in [-0.3, -0.25) is 4.79 Å². The second-order valence-corrected chi connectivity index (χ2v) is 4.65. The number of carbonyl (C=O) groups excluding carboxylic acids is 1. The summed E-state index contributed by atoms with van der Waals surface area (Å²) in [6.07, 6.45) is 0. The molecule has 0 aliphatic carbocycles. The number of amides is 1. The number of hydrogen-bond donors (Lipinski definition) is 3. The Balaban J connectivity index is 2.82. The second-order valence-electron chi connectivity index (χ2n) is 4.65. The van der Waals surface area contributed by atoms with E-state index in [0.29, 0.717) is 0 Å². The summed E-state index contributed by atoms with van der Waals surface area (Å²) < 4.78 is 26.7. The van der Waals surface area contributed by atoms with Gasteiger partial charge in [0.25, 0.3) is 5.91 Å². The number of rotatable bonds is 4. The molecule has 1 amide bonds. The third-order valence-electron chi connectivity index (χ3n) is 2.68. The van der Waals surface area contributed by atoms with Crippen LogP contribution in [-0.2, 0) is 0 Å². The van der Waals surface area contributed by atoms with Crippen LogP contribution in [0.25, 0.3) is 0 Å². The number of nitrogens with two attached hydrogens (primary N) is 1. The highest BCUT2D eigenvalue weighted by atomic mass is 19.1. The summed E-state index contributed by atoms with van der Waals surface area (Å²) in [6, 6.07) is 3.15. The predicted octanol–water partition coefficient (Wildman–Crippen LogP) is 1.47. The van der Waals surface area contributed by atoms with Crippen LogP contribution in [0, 0.1) is 17.0 Å². The molecule has 1 aromatic carbocycles. The number of oxime groups is 1. The first-order valence-electron chi connectivity index (χ1n) is 5.50. The van der Waals surface area contributed by atoms with Gasteiger partial charge >= 0.3 is 0 Å². The summed E-state index contributed by atoms with van der Waals surface area (Å²) in [4.78, 5) is 11.7. The summed E-state index contributed by atoms with van der Waals surface area (Å²) in [5.74, 6) is -2.88. The van der Waals surface area contributed by atoms with Crippen molar-refractivity contribution in [2.45, 2.75) is 13.8 Å². The normalized spacial score (nSPS) is 12.3. The van der Waals surface area contributed by atoms with Crippen molar-refractivity contribution in [3.8, 4) is 0 Å². The van der Waals surface area contributed by atoms with Crippen LogP contribution in [0.5, 0.6) is 0 Å². The lowest BCUT2D eigenvalue weighted by Crippen LogP contribution is -2.43. The van der Waals surface area contributed by atoms with Gasteiger partial charge in [-0.05, 0) is 12.1 Å². The van der Waals surface area contributed by atoms with Crippen molar-refractivity contribution in [2.75, 3.05) is 6.54 Å². The van der Waals surface area contributed by atoms with Gasteiger partial charge in [0.1, 0.15) is 23.0 Å². The molecule has 4 N–H and O–H groups in total. The summed E-state index contributed by atoms with van der Waals surface area (Å²) in [6.45, 7) is 3.19. The minimum atomic E-state index is -0.945. The number of halogens is 2. The maximum absolute atomic E-state index is 13.4. The average molecular weight is 271 g/mol. The van der Waals surface area contributed by atoms with Gasteiger partial charge in [0.05, 0.1) is 0 Å². The molecule has 0 heterocycles. The summed E-state index contributed by atoms with van der Waals surface area (Å²) in [5, 5.41) is 13.8. The van der Waals surface area contributed by atoms with E-state index < -0.39 is 28.5 Å². The molecule has 0 aliphatic rings. The van der Waals surface area contributed by atoms with Crippen LogP contribution in [0.4, 0.5) is 8.78 Å². The third-order valence-corrected chi connectivity index (χ3v) is 2.68. The molecule has 5 nitrogen and oxygen atoms in total. The quantitative estimate of drug-likeness (QED) is 0.335. The molecule has 0 spiro atoms. The van der Waals surface area contributed by atoms with Gasteiger partial charge in [0, 0.05) is 12.0 Å². The monoisotopic (exact) mass is 271 g/mol. The first-order chi connectivity index (χ1) is 8.79. The van der Waals surface area contributed by atoms with Crippen LogP contribution in [0.2, 0.25) is 0 Å². The van der Waals surface area contributed by atoms with E-state index in [4.69, 9.17) is 10.9 Å². The van der Waals surface area contributed by atoms with E-state index in [0.717, 1.165) is 12.1 Å². The van der Waals surface area contributed by atoms with Gasteiger partial charge in [-0.1, -0.05) is 25.1 Å². The number of benzene rings is 1. The Labute approximate surface area is 109 Å². The third kappa shape index (κ3) is 3.40. The van der Waals surface area contributed by atoms with Gasteiger partial charge in [-0.2, -0.15) is 0 Å². The lowest BCUT2D eigenvalue weighted by atomic mass is 9.92. The number of amidine groups is 1. The number of hydrogen-bond acceptors (Lipinski definition) is 3. The average Bonchev–Trinajstić information content (AvgIpc) is 2.35. The zero-order valence-corrected chi connectivity index (χ0v) is 10.6. The highest BCUT2D eigenvalue weighted by Crippen LogP contribution is 2.15. The molecule has 0 saturated carbocycles.